The predicted molar refractivity (Wildman–Crippen MR) is 64.0 cm³/mol. The third kappa shape index (κ3) is 4.10. The number of carbonyl (C=O) groups excluding carboxylic acids is 1. The largest absolute Gasteiger partial charge is 0.372 e. The first-order chi connectivity index (χ1) is 7.52. The molecule has 2 N–H and O–H groups in total. The minimum absolute atomic E-state index is 0.152. The van der Waals surface area contributed by atoms with Crippen molar-refractivity contribution in [2.24, 2.45) is 11.7 Å². The molecule has 0 radical (unpaired) electrons. The summed E-state index contributed by atoms with van der Waals surface area (Å²) in [6.45, 7) is 8.21. The molecule has 0 aliphatic carbocycles. The molecule has 3 atom stereocenters. The monoisotopic (exact) mass is 228 g/mol. The molecule has 4 heteroatoms. The van der Waals surface area contributed by atoms with Crippen LogP contribution in [-0.2, 0) is 9.53 Å². The summed E-state index contributed by atoms with van der Waals surface area (Å²) in [5.74, 6) is 0.669. The normalized spacial score (nSPS) is 27.9. The molecular formula is C12H24N2O2. The number of hydrogen-bond donors (Lipinski definition) is 1. The lowest BCUT2D eigenvalue weighted by molar-refractivity contribution is -0.143. The smallest absolute Gasteiger partial charge is 0.222 e. The first kappa shape index (κ1) is 13.5. The van der Waals surface area contributed by atoms with E-state index >= 15 is 0 Å². The van der Waals surface area contributed by atoms with Crippen molar-refractivity contribution >= 4 is 5.91 Å². The van der Waals surface area contributed by atoms with Crippen molar-refractivity contribution in [2.45, 2.75) is 45.8 Å². The van der Waals surface area contributed by atoms with Gasteiger partial charge in [-0.25, -0.2) is 0 Å². The second-order valence-corrected chi connectivity index (χ2v) is 4.94. The Kier molecular flexibility index (Phi) is 5.22. The van der Waals surface area contributed by atoms with Crippen molar-refractivity contribution in [3.05, 3.63) is 0 Å². The van der Waals surface area contributed by atoms with Gasteiger partial charge in [0.15, 0.2) is 0 Å². The van der Waals surface area contributed by atoms with Crippen LogP contribution in [0, 0.1) is 5.92 Å². The molecule has 4 nitrogen and oxygen atoms in total. The van der Waals surface area contributed by atoms with Gasteiger partial charge in [-0.1, -0.05) is 6.92 Å². The average Bonchev–Trinajstić information content (AvgIpc) is 2.23. The number of morpholine rings is 1. The van der Waals surface area contributed by atoms with Gasteiger partial charge in [0.2, 0.25) is 5.91 Å². The number of ether oxygens (including phenoxy) is 1. The fourth-order valence-corrected chi connectivity index (χ4v) is 2.03. The van der Waals surface area contributed by atoms with Gasteiger partial charge in [-0.3, -0.25) is 4.79 Å². The number of carbonyl (C=O) groups is 1. The van der Waals surface area contributed by atoms with E-state index < -0.39 is 0 Å². The highest BCUT2D eigenvalue weighted by atomic mass is 16.5. The Hall–Kier alpha value is -0.610. The topological polar surface area (TPSA) is 55.6 Å². The number of nitrogens with two attached hydrogens (primary N) is 1. The van der Waals surface area contributed by atoms with Crippen LogP contribution in [0.4, 0.5) is 0 Å². The molecule has 0 aromatic rings. The highest BCUT2D eigenvalue weighted by Gasteiger charge is 2.25. The van der Waals surface area contributed by atoms with Gasteiger partial charge in [-0.2, -0.15) is 0 Å². The summed E-state index contributed by atoms with van der Waals surface area (Å²) < 4.78 is 5.60. The van der Waals surface area contributed by atoms with Crippen LogP contribution >= 0.6 is 0 Å². The van der Waals surface area contributed by atoms with Crippen LogP contribution in [0.5, 0.6) is 0 Å². The van der Waals surface area contributed by atoms with Crippen molar-refractivity contribution in [1.29, 1.82) is 0 Å². The van der Waals surface area contributed by atoms with Gasteiger partial charge in [0.05, 0.1) is 12.2 Å². The van der Waals surface area contributed by atoms with E-state index in [0.717, 1.165) is 19.5 Å². The minimum atomic E-state index is 0.152. The van der Waals surface area contributed by atoms with Crippen LogP contribution in [0.1, 0.15) is 33.6 Å². The third-order valence-electron chi connectivity index (χ3n) is 3.03. The number of hydrogen-bond acceptors (Lipinski definition) is 3. The highest BCUT2D eigenvalue weighted by Crippen LogP contribution is 2.13. The van der Waals surface area contributed by atoms with Crippen LogP contribution in [0.15, 0.2) is 0 Å². The lowest BCUT2D eigenvalue weighted by Gasteiger charge is -2.35. The first-order valence-corrected chi connectivity index (χ1v) is 6.16. The Bertz CT molecular complexity index is 223. The molecule has 0 spiro atoms. The Morgan fingerprint density at radius 3 is 2.50 bits per heavy atom. The Balaban J connectivity index is 2.35. The molecule has 1 amide bonds. The summed E-state index contributed by atoms with van der Waals surface area (Å²) in [6.07, 6.45) is 1.80. The zero-order chi connectivity index (χ0) is 12.1. The summed E-state index contributed by atoms with van der Waals surface area (Å²) in [5.41, 5.74) is 5.54. The zero-order valence-corrected chi connectivity index (χ0v) is 10.6. The molecule has 1 fully saturated rings. The van der Waals surface area contributed by atoms with Crippen molar-refractivity contribution in [3.8, 4) is 0 Å². The summed E-state index contributed by atoms with van der Waals surface area (Å²) in [5, 5.41) is 0. The maximum atomic E-state index is 11.9. The first-order valence-electron chi connectivity index (χ1n) is 6.16. The molecule has 0 saturated carbocycles. The van der Waals surface area contributed by atoms with Gasteiger partial charge in [0.25, 0.3) is 0 Å². The maximum Gasteiger partial charge on any atom is 0.222 e. The summed E-state index contributed by atoms with van der Waals surface area (Å²) in [4.78, 5) is 13.9. The molecular weight excluding hydrogens is 204 g/mol. The highest BCUT2D eigenvalue weighted by molar-refractivity contribution is 5.76. The van der Waals surface area contributed by atoms with Crippen LogP contribution < -0.4 is 5.73 Å². The molecule has 1 saturated heterocycles. The Labute approximate surface area is 98.1 Å². The van der Waals surface area contributed by atoms with E-state index in [1.165, 1.54) is 0 Å². The van der Waals surface area contributed by atoms with Crippen molar-refractivity contribution in [1.82, 2.24) is 4.90 Å². The van der Waals surface area contributed by atoms with Crippen molar-refractivity contribution in [2.75, 3.05) is 19.6 Å². The molecule has 1 rings (SSSR count). The predicted octanol–water partition coefficient (Wildman–Crippen LogP) is 0.997. The molecule has 0 aromatic carbocycles. The number of rotatable bonds is 4. The van der Waals surface area contributed by atoms with Crippen molar-refractivity contribution in [3.63, 3.8) is 0 Å². The maximum absolute atomic E-state index is 11.9. The van der Waals surface area contributed by atoms with E-state index in [-0.39, 0.29) is 18.1 Å². The lowest BCUT2D eigenvalue weighted by atomic mass is 10.1. The molecule has 1 aliphatic rings. The number of nitrogens with zero attached hydrogens (tertiary/aromatic N) is 1. The molecule has 16 heavy (non-hydrogen) atoms. The quantitative estimate of drug-likeness (QED) is 0.781. The number of amides is 1. The molecule has 0 bridgehead atoms. The zero-order valence-electron chi connectivity index (χ0n) is 10.6. The van der Waals surface area contributed by atoms with Gasteiger partial charge >= 0.3 is 0 Å². The van der Waals surface area contributed by atoms with Gasteiger partial charge < -0.3 is 15.4 Å². The Morgan fingerprint density at radius 1 is 1.44 bits per heavy atom. The summed E-state index contributed by atoms with van der Waals surface area (Å²) >= 11 is 0. The van der Waals surface area contributed by atoms with E-state index in [1.807, 2.05) is 18.7 Å². The van der Waals surface area contributed by atoms with E-state index in [1.54, 1.807) is 0 Å². The second kappa shape index (κ2) is 6.21. The van der Waals surface area contributed by atoms with Crippen LogP contribution in [-0.4, -0.2) is 42.6 Å². The minimum Gasteiger partial charge on any atom is -0.372 e. The third-order valence-corrected chi connectivity index (χ3v) is 3.03. The Morgan fingerprint density at radius 2 is 2.00 bits per heavy atom. The lowest BCUT2D eigenvalue weighted by Crippen LogP contribution is -2.48. The van der Waals surface area contributed by atoms with Gasteiger partial charge in [0, 0.05) is 19.5 Å². The SMILES string of the molecule is CC(CN)CCC(=O)N1C[C@@H](C)O[C@@H](C)C1. The van der Waals surface area contributed by atoms with E-state index in [0.29, 0.717) is 18.9 Å². The fourth-order valence-electron chi connectivity index (χ4n) is 2.03. The molecule has 94 valence electrons. The van der Waals surface area contributed by atoms with Gasteiger partial charge in [0.1, 0.15) is 0 Å². The fraction of sp³-hybridized carbons (Fsp3) is 0.917. The molecule has 1 aliphatic heterocycles. The van der Waals surface area contributed by atoms with Gasteiger partial charge in [-0.05, 0) is 32.7 Å². The summed E-state index contributed by atoms with van der Waals surface area (Å²) in [6, 6.07) is 0. The molecule has 0 aromatic heterocycles. The average molecular weight is 228 g/mol. The van der Waals surface area contributed by atoms with Crippen LogP contribution in [0.3, 0.4) is 0 Å². The summed E-state index contributed by atoms with van der Waals surface area (Å²) in [7, 11) is 0. The van der Waals surface area contributed by atoms with E-state index in [9.17, 15) is 4.79 Å². The van der Waals surface area contributed by atoms with Crippen LogP contribution in [0.2, 0.25) is 0 Å². The van der Waals surface area contributed by atoms with Crippen molar-refractivity contribution < 1.29 is 9.53 Å². The van der Waals surface area contributed by atoms with Gasteiger partial charge in [-0.15, -0.1) is 0 Å². The standard InChI is InChI=1S/C12H24N2O2/c1-9(6-13)4-5-12(15)14-7-10(2)16-11(3)8-14/h9-11H,4-8,13H2,1-3H3/t9?,10-,11+. The molecule has 1 unspecified atom stereocenters. The second-order valence-electron chi connectivity index (χ2n) is 4.94. The van der Waals surface area contributed by atoms with Crippen LogP contribution in [0.25, 0.3) is 0 Å². The molecule has 1 heterocycles. The van der Waals surface area contributed by atoms with E-state index in [2.05, 4.69) is 6.92 Å². The van der Waals surface area contributed by atoms with E-state index in [4.69, 9.17) is 10.5 Å².